The summed E-state index contributed by atoms with van der Waals surface area (Å²) in [6.07, 6.45) is 7.72. The number of anilines is 1. The number of fused-ring (bicyclic) bond motifs is 1. The van der Waals surface area contributed by atoms with Crippen molar-refractivity contribution in [3.05, 3.63) is 89.7 Å². The van der Waals surface area contributed by atoms with Crippen molar-refractivity contribution in [2.45, 2.75) is 51.1 Å². The lowest BCUT2D eigenvalue weighted by Crippen LogP contribution is -2.49. The number of carbonyl (C=O) groups excluding carboxylic acids is 5. The standard InChI is InChI=1S/C38H43N9O6/c1-24-18-27-19-28(12-14-32(27)53-24)42-38(44-35(50)26-11-13-30(40-21-26)36(51)45(2)3)43-31-10-4-5-16-46(37(31)52)23-33(48)47-17-7-9-29(47)22-41-34(49)25-8-6-15-39-20-25/h6,8,11-15,18-21,29,31H,4-5,7,9-10,16-17,22-23H2,1-3H3,(H,41,49)(H2,42,43,44,50). The Morgan fingerprint density at radius 2 is 1.79 bits per heavy atom. The Morgan fingerprint density at radius 1 is 0.962 bits per heavy atom. The molecule has 3 N–H and O–H groups in total. The zero-order valence-corrected chi connectivity index (χ0v) is 30.0. The van der Waals surface area contributed by atoms with Gasteiger partial charge in [-0.25, -0.2) is 4.99 Å². The Bertz CT molecular complexity index is 2010. The van der Waals surface area contributed by atoms with E-state index in [1.165, 1.54) is 34.3 Å². The average Bonchev–Trinajstić information content (AvgIpc) is 3.75. The predicted octanol–water partition coefficient (Wildman–Crippen LogP) is 3.23. The van der Waals surface area contributed by atoms with Gasteiger partial charge in [-0.3, -0.25) is 39.3 Å². The number of furan rings is 1. The maximum atomic E-state index is 14.0. The van der Waals surface area contributed by atoms with Crippen LogP contribution in [-0.4, -0.2) is 113 Å². The van der Waals surface area contributed by atoms with Gasteiger partial charge in [0, 0.05) is 69.4 Å². The summed E-state index contributed by atoms with van der Waals surface area (Å²) in [5, 5.41) is 9.71. The van der Waals surface area contributed by atoms with Gasteiger partial charge in [0.2, 0.25) is 17.8 Å². The van der Waals surface area contributed by atoms with Crippen molar-refractivity contribution in [1.82, 2.24) is 35.3 Å². The fourth-order valence-electron chi connectivity index (χ4n) is 6.51. The van der Waals surface area contributed by atoms with E-state index in [4.69, 9.17) is 9.41 Å². The molecule has 53 heavy (non-hydrogen) atoms. The number of benzene rings is 1. The molecule has 15 heteroatoms. The number of carbonyl (C=O) groups is 5. The minimum atomic E-state index is -0.876. The molecule has 6 rings (SSSR count). The van der Waals surface area contributed by atoms with E-state index in [1.54, 1.807) is 49.5 Å². The fourth-order valence-corrected chi connectivity index (χ4v) is 6.51. The van der Waals surface area contributed by atoms with Crippen LogP contribution < -0.4 is 16.0 Å². The zero-order chi connectivity index (χ0) is 37.5. The third kappa shape index (κ3) is 9.04. The molecule has 0 radical (unpaired) electrons. The van der Waals surface area contributed by atoms with E-state index in [2.05, 4.69) is 25.9 Å². The van der Waals surface area contributed by atoms with Crippen LogP contribution in [0.25, 0.3) is 11.0 Å². The third-order valence-electron chi connectivity index (χ3n) is 9.27. The lowest BCUT2D eigenvalue weighted by Gasteiger charge is -2.29. The molecule has 2 aliphatic rings. The number of guanidine groups is 1. The average molecular weight is 722 g/mol. The van der Waals surface area contributed by atoms with Crippen molar-refractivity contribution in [2.24, 2.45) is 4.99 Å². The third-order valence-corrected chi connectivity index (χ3v) is 9.27. The Kier molecular flexibility index (Phi) is 11.4. The van der Waals surface area contributed by atoms with Gasteiger partial charge >= 0.3 is 0 Å². The molecule has 0 aliphatic carbocycles. The predicted molar refractivity (Wildman–Crippen MR) is 197 cm³/mol. The molecule has 3 aromatic heterocycles. The Balaban J connectivity index is 1.18. The summed E-state index contributed by atoms with van der Waals surface area (Å²) in [5.41, 5.74) is 2.12. The number of aryl methyl sites for hydroxylation is 1. The molecule has 2 atom stereocenters. The van der Waals surface area contributed by atoms with Crippen LogP contribution in [0.4, 0.5) is 5.69 Å². The van der Waals surface area contributed by atoms with Gasteiger partial charge in [-0.15, -0.1) is 0 Å². The number of aliphatic imine (C=N–C) groups is 1. The smallest absolute Gasteiger partial charge is 0.271 e. The number of aromatic nitrogens is 2. The maximum Gasteiger partial charge on any atom is 0.271 e. The Morgan fingerprint density at radius 3 is 2.55 bits per heavy atom. The highest BCUT2D eigenvalue weighted by molar-refractivity contribution is 6.11. The lowest BCUT2D eigenvalue weighted by atomic mass is 10.1. The highest BCUT2D eigenvalue weighted by Crippen LogP contribution is 2.24. The summed E-state index contributed by atoms with van der Waals surface area (Å²) < 4.78 is 5.71. The van der Waals surface area contributed by atoms with E-state index < -0.39 is 11.9 Å². The van der Waals surface area contributed by atoms with Crippen LogP contribution in [-0.2, 0) is 9.59 Å². The number of hydrogen-bond acceptors (Lipinski definition) is 9. The van der Waals surface area contributed by atoms with Gasteiger partial charge in [-0.05, 0) is 87.6 Å². The number of likely N-dealkylation sites (tertiary alicyclic amines) is 2. The molecule has 2 saturated heterocycles. The van der Waals surface area contributed by atoms with Gasteiger partial charge in [0.15, 0.2) is 0 Å². The molecule has 0 bridgehead atoms. The highest BCUT2D eigenvalue weighted by Gasteiger charge is 2.34. The first-order valence-corrected chi connectivity index (χ1v) is 17.7. The molecule has 2 fully saturated rings. The summed E-state index contributed by atoms with van der Waals surface area (Å²) in [5.74, 6) is -0.829. The van der Waals surface area contributed by atoms with E-state index in [-0.39, 0.29) is 53.4 Å². The summed E-state index contributed by atoms with van der Waals surface area (Å²) in [4.78, 5) is 83.6. The van der Waals surface area contributed by atoms with Crippen LogP contribution in [0.3, 0.4) is 0 Å². The van der Waals surface area contributed by atoms with Gasteiger partial charge < -0.3 is 29.8 Å². The molecule has 1 aromatic carbocycles. The van der Waals surface area contributed by atoms with Crippen molar-refractivity contribution < 1.29 is 28.4 Å². The van der Waals surface area contributed by atoms with Crippen LogP contribution in [0.15, 0.2) is 76.5 Å². The Hall–Kier alpha value is -6.12. The van der Waals surface area contributed by atoms with Crippen molar-refractivity contribution in [3.8, 4) is 0 Å². The molecular weight excluding hydrogens is 678 g/mol. The number of hydrogen-bond donors (Lipinski definition) is 3. The van der Waals surface area contributed by atoms with Gasteiger partial charge in [0.05, 0.1) is 17.7 Å². The van der Waals surface area contributed by atoms with Crippen molar-refractivity contribution >= 4 is 52.2 Å². The van der Waals surface area contributed by atoms with Crippen LogP contribution in [0, 0.1) is 6.92 Å². The molecule has 2 aliphatic heterocycles. The fraction of sp³-hybridized carbons (Fsp3) is 0.368. The monoisotopic (exact) mass is 721 g/mol. The largest absolute Gasteiger partial charge is 0.461 e. The quantitative estimate of drug-likeness (QED) is 0.173. The summed E-state index contributed by atoms with van der Waals surface area (Å²) in [7, 11) is 3.23. The normalized spacial score (nSPS) is 17.7. The van der Waals surface area contributed by atoms with Gasteiger partial charge in [-0.2, -0.15) is 0 Å². The molecule has 0 saturated carbocycles. The van der Waals surface area contributed by atoms with Crippen LogP contribution in [0.1, 0.15) is 69.1 Å². The van der Waals surface area contributed by atoms with Crippen molar-refractivity contribution in [3.63, 3.8) is 0 Å². The number of amides is 5. The van der Waals surface area contributed by atoms with Crippen LogP contribution >= 0.6 is 0 Å². The number of nitrogens with zero attached hydrogens (tertiary/aromatic N) is 6. The van der Waals surface area contributed by atoms with Gasteiger partial charge in [-0.1, -0.05) is 0 Å². The maximum absolute atomic E-state index is 14.0. The van der Waals surface area contributed by atoms with Crippen LogP contribution in [0.2, 0.25) is 0 Å². The van der Waals surface area contributed by atoms with E-state index in [1.807, 2.05) is 19.1 Å². The molecule has 15 nitrogen and oxygen atoms in total. The van der Waals surface area contributed by atoms with E-state index in [0.29, 0.717) is 55.7 Å². The minimum absolute atomic E-state index is 0.0403. The first kappa shape index (κ1) is 36.7. The molecule has 2 unspecified atom stereocenters. The van der Waals surface area contributed by atoms with E-state index in [0.717, 1.165) is 24.0 Å². The molecule has 0 spiro atoms. The molecule has 5 amide bonds. The molecule has 4 aromatic rings. The van der Waals surface area contributed by atoms with E-state index >= 15 is 0 Å². The minimum Gasteiger partial charge on any atom is -0.461 e. The van der Waals surface area contributed by atoms with Crippen LogP contribution in [0.5, 0.6) is 0 Å². The highest BCUT2D eigenvalue weighted by atomic mass is 16.3. The van der Waals surface area contributed by atoms with E-state index in [9.17, 15) is 24.0 Å². The van der Waals surface area contributed by atoms with Gasteiger partial charge in [0.25, 0.3) is 17.7 Å². The summed E-state index contributed by atoms with van der Waals surface area (Å²) in [6, 6.07) is 12.6. The second-order valence-electron chi connectivity index (χ2n) is 13.4. The molecule has 5 heterocycles. The zero-order valence-electron chi connectivity index (χ0n) is 30.0. The van der Waals surface area contributed by atoms with Crippen molar-refractivity contribution in [2.75, 3.05) is 45.6 Å². The number of rotatable bonds is 9. The topological polar surface area (TPSA) is 182 Å². The second kappa shape index (κ2) is 16.5. The SMILES string of the molecule is Cc1cc2cc(NC(=NC3CCCCN(CC(=O)N4CCCC4CNC(=O)c4cccnc4)C3=O)NC(=O)c3ccc(C(=O)N(C)C)nc3)ccc2o1. The summed E-state index contributed by atoms with van der Waals surface area (Å²) >= 11 is 0. The molecule has 276 valence electrons. The Labute approximate surface area is 306 Å². The summed E-state index contributed by atoms with van der Waals surface area (Å²) in [6.45, 7) is 2.96. The number of nitrogens with one attached hydrogen (secondary N) is 3. The molecular formula is C38H43N9O6. The van der Waals surface area contributed by atoms with Gasteiger partial charge in [0.1, 0.15) is 23.1 Å². The lowest BCUT2D eigenvalue weighted by molar-refractivity contribution is -0.141. The first-order valence-electron chi connectivity index (χ1n) is 17.7. The first-order chi connectivity index (χ1) is 25.5. The number of pyridine rings is 2. The second-order valence-corrected chi connectivity index (χ2v) is 13.4. The van der Waals surface area contributed by atoms with Crippen molar-refractivity contribution in [1.29, 1.82) is 0 Å².